The van der Waals surface area contributed by atoms with E-state index in [2.05, 4.69) is 10.3 Å². The van der Waals surface area contributed by atoms with Crippen LogP contribution in [0.2, 0.25) is 0 Å². The summed E-state index contributed by atoms with van der Waals surface area (Å²) in [5.41, 5.74) is 1.30. The Morgan fingerprint density at radius 2 is 2.26 bits per heavy atom. The third kappa shape index (κ3) is 3.44. The lowest BCUT2D eigenvalue weighted by Gasteiger charge is -2.17. The van der Waals surface area contributed by atoms with Crippen molar-refractivity contribution in [2.45, 2.75) is 26.2 Å². The number of carboxylic acids is 1. The molecule has 1 aliphatic carbocycles. The fourth-order valence-electron chi connectivity index (χ4n) is 2.15. The van der Waals surface area contributed by atoms with E-state index in [4.69, 9.17) is 9.84 Å². The molecule has 0 unspecified atom stereocenters. The maximum absolute atomic E-state index is 11.1. The maximum Gasteiger partial charge on any atom is 0.339 e. The van der Waals surface area contributed by atoms with Crippen molar-refractivity contribution >= 4 is 11.8 Å². The summed E-state index contributed by atoms with van der Waals surface area (Å²) in [6.07, 6.45) is 3.33. The first-order valence-corrected chi connectivity index (χ1v) is 6.50. The molecule has 1 saturated carbocycles. The van der Waals surface area contributed by atoms with E-state index in [-0.39, 0.29) is 11.0 Å². The number of hydrogen-bond acceptors (Lipinski definition) is 4. The largest absolute Gasteiger partial charge is 0.478 e. The number of hydrogen-bond donors (Lipinski definition) is 2. The molecule has 2 rings (SSSR count). The molecule has 0 bridgehead atoms. The Morgan fingerprint density at radius 1 is 1.53 bits per heavy atom. The molecule has 5 heteroatoms. The summed E-state index contributed by atoms with van der Waals surface area (Å²) in [6, 6.07) is 3.31. The van der Waals surface area contributed by atoms with Crippen LogP contribution in [0.1, 0.15) is 35.3 Å². The summed E-state index contributed by atoms with van der Waals surface area (Å²) in [4.78, 5) is 15.4. The highest BCUT2D eigenvalue weighted by molar-refractivity contribution is 5.93. The second-order valence-corrected chi connectivity index (χ2v) is 5.25. The number of methoxy groups -OCH3 is 1. The minimum absolute atomic E-state index is 0.230. The lowest BCUT2D eigenvalue weighted by molar-refractivity contribution is 0.0697. The van der Waals surface area contributed by atoms with Crippen molar-refractivity contribution in [3.63, 3.8) is 0 Å². The molecular weight excluding hydrogens is 244 g/mol. The first-order valence-electron chi connectivity index (χ1n) is 6.50. The van der Waals surface area contributed by atoms with Crippen molar-refractivity contribution < 1.29 is 14.6 Å². The molecule has 0 aliphatic heterocycles. The Bertz CT molecular complexity index is 470. The van der Waals surface area contributed by atoms with Crippen LogP contribution >= 0.6 is 0 Å². The Balaban J connectivity index is 2.03. The van der Waals surface area contributed by atoms with E-state index in [0.29, 0.717) is 5.82 Å². The average molecular weight is 264 g/mol. The quantitative estimate of drug-likeness (QED) is 0.790. The van der Waals surface area contributed by atoms with Gasteiger partial charge < -0.3 is 15.2 Å². The van der Waals surface area contributed by atoms with Gasteiger partial charge in [-0.2, -0.15) is 0 Å². The topological polar surface area (TPSA) is 71.5 Å². The third-order valence-electron chi connectivity index (χ3n) is 3.69. The average Bonchev–Trinajstić information content (AvgIpc) is 3.14. The lowest BCUT2D eigenvalue weighted by Crippen LogP contribution is -2.19. The van der Waals surface area contributed by atoms with Gasteiger partial charge in [-0.05, 0) is 43.7 Å². The molecule has 0 radical (unpaired) electrons. The van der Waals surface area contributed by atoms with E-state index >= 15 is 0 Å². The first kappa shape index (κ1) is 13.8. The predicted molar refractivity (Wildman–Crippen MR) is 72.6 cm³/mol. The number of anilines is 1. The lowest BCUT2D eigenvalue weighted by atomic mass is 10.0. The molecule has 1 fully saturated rings. The highest BCUT2D eigenvalue weighted by Crippen LogP contribution is 2.48. The number of nitrogens with zero attached hydrogens (tertiary/aromatic N) is 1. The SMILES string of the molecule is COCCC1(CNc2nc(C)ccc2C(=O)O)CC1. The van der Waals surface area contributed by atoms with Crippen molar-refractivity contribution in [1.29, 1.82) is 0 Å². The van der Waals surface area contributed by atoms with Crippen LogP contribution < -0.4 is 5.32 Å². The number of aromatic carboxylic acids is 1. The molecule has 104 valence electrons. The van der Waals surface area contributed by atoms with Gasteiger partial charge in [0.15, 0.2) is 0 Å². The van der Waals surface area contributed by atoms with Gasteiger partial charge in [0, 0.05) is 26.0 Å². The Kier molecular flexibility index (Phi) is 4.04. The second kappa shape index (κ2) is 5.57. The van der Waals surface area contributed by atoms with Crippen LogP contribution in [0.4, 0.5) is 5.82 Å². The fraction of sp³-hybridized carbons (Fsp3) is 0.571. The van der Waals surface area contributed by atoms with Gasteiger partial charge in [-0.15, -0.1) is 0 Å². The van der Waals surface area contributed by atoms with Gasteiger partial charge in [-0.25, -0.2) is 9.78 Å². The molecule has 1 aromatic heterocycles. The van der Waals surface area contributed by atoms with Crippen LogP contribution in [-0.4, -0.2) is 36.3 Å². The van der Waals surface area contributed by atoms with Crippen LogP contribution in [0.15, 0.2) is 12.1 Å². The van der Waals surface area contributed by atoms with Gasteiger partial charge in [-0.3, -0.25) is 0 Å². The van der Waals surface area contributed by atoms with Gasteiger partial charge in [0.1, 0.15) is 11.4 Å². The number of aryl methyl sites for hydroxylation is 1. The van der Waals surface area contributed by atoms with Crippen LogP contribution in [0, 0.1) is 12.3 Å². The molecule has 5 nitrogen and oxygen atoms in total. The van der Waals surface area contributed by atoms with Crippen LogP contribution in [0.3, 0.4) is 0 Å². The van der Waals surface area contributed by atoms with E-state index in [1.54, 1.807) is 19.2 Å². The molecular formula is C14H20N2O3. The number of rotatable bonds is 7. The van der Waals surface area contributed by atoms with Crippen molar-refractivity contribution in [2.24, 2.45) is 5.41 Å². The molecule has 1 aliphatic rings. The molecule has 0 spiro atoms. The summed E-state index contributed by atoms with van der Waals surface area (Å²) in [5.74, 6) is -0.479. The van der Waals surface area contributed by atoms with E-state index in [9.17, 15) is 4.79 Å². The van der Waals surface area contributed by atoms with Crippen molar-refractivity contribution in [3.05, 3.63) is 23.4 Å². The summed E-state index contributed by atoms with van der Waals surface area (Å²) >= 11 is 0. The second-order valence-electron chi connectivity index (χ2n) is 5.25. The summed E-state index contributed by atoms with van der Waals surface area (Å²) in [5, 5.41) is 12.3. The minimum Gasteiger partial charge on any atom is -0.478 e. The highest BCUT2D eigenvalue weighted by atomic mass is 16.5. The molecule has 1 heterocycles. The Hall–Kier alpha value is -1.62. The third-order valence-corrected chi connectivity index (χ3v) is 3.69. The zero-order chi connectivity index (χ0) is 13.9. The maximum atomic E-state index is 11.1. The zero-order valence-electron chi connectivity index (χ0n) is 11.4. The molecule has 2 N–H and O–H groups in total. The number of ether oxygens (including phenoxy) is 1. The molecule has 0 aromatic carbocycles. The van der Waals surface area contributed by atoms with Crippen molar-refractivity contribution in [1.82, 2.24) is 4.98 Å². The van der Waals surface area contributed by atoms with Gasteiger partial charge >= 0.3 is 5.97 Å². The van der Waals surface area contributed by atoms with Gasteiger partial charge in [0.2, 0.25) is 0 Å². The number of nitrogens with one attached hydrogen (secondary N) is 1. The predicted octanol–water partition coefficient (Wildman–Crippen LogP) is 2.32. The van der Waals surface area contributed by atoms with E-state index in [1.807, 2.05) is 6.92 Å². The van der Waals surface area contributed by atoms with E-state index in [1.165, 1.54) is 0 Å². The van der Waals surface area contributed by atoms with Gasteiger partial charge in [-0.1, -0.05) is 0 Å². The molecule has 1 aromatic rings. The number of carboxylic acid groups (broad SMARTS) is 1. The fourth-order valence-corrected chi connectivity index (χ4v) is 2.15. The summed E-state index contributed by atoms with van der Waals surface area (Å²) in [7, 11) is 1.70. The normalized spacial score (nSPS) is 16.1. The van der Waals surface area contributed by atoms with Crippen LogP contribution in [0.5, 0.6) is 0 Å². The highest BCUT2D eigenvalue weighted by Gasteiger charge is 2.41. The van der Waals surface area contributed by atoms with Crippen LogP contribution in [0.25, 0.3) is 0 Å². The number of pyridine rings is 1. The monoisotopic (exact) mass is 264 g/mol. The zero-order valence-corrected chi connectivity index (χ0v) is 11.4. The van der Waals surface area contributed by atoms with Gasteiger partial charge in [0.05, 0.1) is 0 Å². The standard InChI is InChI=1S/C14H20N2O3/c1-10-3-4-11(13(17)18)12(16-10)15-9-14(5-6-14)7-8-19-2/h3-4H,5-9H2,1-2H3,(H,15,16)(H,17,18). The number of aromatic nitrogens is 1. The van der Waals surface area contributed by atoms with E-state index in [0.717, 1.165) is 38.1 Å². The molecule has 0 saturated heterocycles. The molecule has 19 heavy (non-hydrogen) atoms. The van der Waals surface area contributed by atoms with Crippen molar-refractivity contribution in [2.75, 3.05) is 25.6 Å². The first-order chi connectivity index (χ1) is 9.06. The van der Waals surface area contributed by atoms with Gasteiger partial charge in [0.25, 0.3) is 0 Å². The smallest absolute Gasteiger partial charge is 0.339 e. The Labute approximate surface area is 113 Å². The Morgan fingerprint density at radius 3 is 2.84 bits per heavy atom. The van der Waals surface area contributed by atoms with E-state index < -0.39 is 5.97 Å². The number of carbonyl (C=O) groups is 1. The minimum atomic E-state index is -0.947. The molecule has 0 atom stereocenters. The summed E-state index contributed by atoms with van der Waals surface area (Å²) < 4.78 is 5.11. The van der Waals surface area contributed by atoms with Crippen LogP contribution in [-0.2, 0) is 4.74 Å². The molecule has 0 amide bonds. The van der Waals surface area contributed by atoms with Crippen molar-refractivity contribution in [3.8, 4) is 0 Å². The summed E-state index contributed by atoms with van der Waals surface area (Å²) in [6.45, 7) is 3.36.